The Hall–Kier alpha value is -1.92. The molecule has 0 saturated heterocycles. The lowest BCUT2D eigenvalue weighted by atomic mass is 10.0. The molecule has 70 heavy (non-hydrogen) atoms. The van der Waals surface area contributed by atoms with E-state index in [-0.39, 0.29) is 18.5 Å². The van der Waals surface area contributed by atoms with E-state index in [1.807, 2.05) is 0 Å². The number of amides is 1. The Morgan fingerprint density at radius 1 is 0.400 bits per heavy atom. The maximum atomic E-state index is 12.4. The highest BCUT2D eigenvalue weighted by Gasteiger charge is 2.20. The van der Waals surface area contributed by atoms with Gasteiger partial charge in [-0.3, -0.25) is 9.59 Å². The molecule has 0 aliphatic carbocycles. The highest BCUT2D eigenvalue weighted by atomic mass is 16.5. The monoisotopic (exact) mass is 984 g/mol. The molecule has 0 aromatic rings. The predicted molar refractivity (Wildman–Crippen MR) is 306 cm³/mol. The average molecular weight is 985 g/mol. The zero-order valence-corrected chi connectivity index (χ0v) is 47.0. The fourth-order valence-electron chi connectivity index (χ4n) is 9.61. The zero-order chi connectivity index (χ0) is 50.7. The molecule has 6 nitrogen and oxygen atoms in total. The first kappa shape index (κ1) is 68.1. The third-order valence-electron chi connectivity index (χ3n) is 14.4. The minimum atomic E-state index is -0.663. The second kappa shape index (κ2) is 59.6. The lowest BCUT2D eigenvalue weighted by Crippen LogP contribution is -2.45. The SMILES string of the molecule is CCCCCC/C=C\CCCCCCCC(=O)OCCCCCCCCCCC/C=C\C/C=C\CCCCCCCCCCCCCCCC(=O)NC(CO)C(O)CCCCCCCCCCCCC. The van der Waals surface area contributed by atoms with Crippen molar-refractivity contribution in [3.05, 3.63) is 36.5 Å². The number of aliphatic hydroxyl groups is 2. The Balaban J connectivity index is 3.39. The summed E-state index contributed by atoms with van der Waals surface area (Å²) in [5.74, 6) is -0.0338. The van der Waals surface area contributed by atoms with E-state index in [4.69, 9.17) is 4.74 Å². The number of allylic oxidation sites excluding steroid dienone is 6. The summed E-state index contributed by atoms with van der Waals surface area (Å²) in [6.45, 7) is 4.93. The van der Waals surface area contributed by atoms with Crippen LogP contribution in [0.3, 0.4) is 0 Å². The third-order valence-corrected chi connectivity index (χ3v) is 14.4. The molecule has 3 N–H and O–H groups in total. The van der Waals surface area contributed by atoms with E-state index in [9.17, 15) is 19.8 Å². The summed E-state index contributed by atoms with van der Waals surface area (Å²) in [4.78, 5) is 24.5. The molecule has 2 unspecified atom stereocenters. The molecule has 2 atom stereocenters. The first-order valence-electron chi connectivity index (χ1n) is 31.2. The van der Waals surface area contributed by atoms with Gasteiger partial charge in [0.15, 0.2) is 0 Å². The van der Waals surface area contributed by atoms with Crippen LogP contribution in [0.5, 0.6) is 0 Å². The summed E-state index contributed by atoms with van der Waals surface area (Å²) in [6, 6.07) is -0.541. The van der Waals surface area contributed by atoms with Crippen LogP contribution in [0.1, 0.15) is 335 Å². The molecule has 0 aromatic heterocycles. The van der Waals surface area contributed by atoms with Gasteiger partial charge in [-0.2, -0.15) is 0 Å². The fourth-order valence-corrected chi connectivity index (χ4v) is 9.61. The minimum absolute atomic E-state index is 0.00260. The van der Waals surface area contributed by atoms with Crippen molar-refractivity contribution in [2.24, 2.45) is 0 Å². The molecular weight excluding hydrogens is 863 g/mol. The normalized spacial score (nSPS) is 12.8. The van der Waals surface area contributed by atoms with Crippen molar-refractivity contribution in [2.75, 3.05) is 13.2 Å². The molecule has 0 aliphatic heterocycles. The van der Waals surface area contributed by atoms with Gasteiger partial charge in [-0.05, 0) is 83.5 Å². The van der Waals surface area contributed by atoms with E-state index in [0.717, 1.165) is 51.4 Å². The number of aliphatic hydroxyl groups excluding tert-OH is 2. The topological polar surface area (TPSA) is 95.9 Å². The Morgan fingerprint density at radius 3 is 1.11 bits per heavy atom. The van der Waals surface area contributed by atoms with E-state index >= 15 is 0 Å². The van der Waals surface area contributed by atoms with Crippen molar-refractivity contribution in [3.63, 3.8) is 0 Å². The molecule has 0 saturated carbocycles. The fraction of sp³-hybridized carbons (Fsp3) is 0.875. The van der Waals surface area contributed by atoms with E-state index < -0.39 is 12.1 Å². The summed E-state index contributed by atoms with van der Waals surface area (Å²) in [7, 11) is 0. The van der Waals surface area contributed by atoms with Gasteiger partial charge < -0.3 is 20.3 Å². The molecule has 0 radical (unpaired) electrons. The number of carbonyl (C=O) groups excluding carboxylic acids is 2. The molecular formula is C64H121NO5. The van der Waals surface area contributed by atoms with E-state index in [1.165, 1.54) is 250 Å². The molecule has 0 bridgehead atoms. The van der Waals surface area contributed by atoms with Crippen LogP contribution in [-0.2, 0) is 14.3 Å². The number of nitrogens with one attached hydrogen (secondary N) is 1. The van der Waals surface area contributed by atoms with Crippen LogP contribution in [0.2, 0.25) is 0 Å². The zero-order valence-electron chi connectivity index (χ0n) is 47.0. The van der Waals surface area contributed by atoms with Gasteiger partial charge in [0, 0.05) is 12.8 Å². The third kappa shape index (κ3) is 55.4. The number of carbonyl (C=O) groups is 2. The van der Waals surface area contributed by atoms with Crippen molar-refractivity contribution in [1.82, 2.24) is 5.32 Å². The molecule has 1 amide bonds. The summed E-state index contributed by atoms with van der Waals surface area (Å²) in [5.41, 5.74) is 0. The predicted octanol–water partition coefficient (Wildman–Crippen LogP) is 19.6. The van der Waals surface area contributed by atoms with Gasteiger partial charge in [0.1, 0.15) is 0 Å². The van der Waals surface area contributed by atoms with Crippen molar-refractivity contribution >= 4 is 11.9 Å². The van der Waals surface area contributed by atoms with E-state index in [2.05, 4.69) is 55.6 Å². The first-order chi connectivity index (χ1) is 34.5. The molecule has 0 aromatic carbocycles. The van der Waals surface area contributed by atoms with Crippen LogP contribution in [0, 0.1) is 0 Å². The lowest BCUT2D eigenvalue weighted by Gasteiger charge is -2.22. The summed E-state index contributed by atoms with van der Waals surface area (Å²) >= 11 is 0. The average Bonchev–Trinajstić information content (AvgIpc) is 3.36. The van der Waals surface area contributed by atoms with Crippen molar-refractivity contribution in [3.8, 4) is 0 Å². The number of esters is 1. The summed E-state index contributed by atoms with van der Waals surface area (Å²) in [6.07, 6.45) is 74.5. The van der Waals surface area contributed by atoms with Crippen LogP contribution < -0.4 is 5.32 Å². The quantitative estimate of drug-likeness (QED) is 0.0321. The maximum absolute atomic E-state index is 12.4. The van der Waals surface area contributed by atoms with Gasteiger partial charge in [-0.15, -0.1) is 0 Å². The van der Waals surface area contributed by atoms with Crippen LogP contribution in [-0.4, -0.2) is 47.4 Å². The van der Waals surface area contributed by atoms with Crippen LogP contribution >= 0.6 is 0 Å². The lowest BCUT2D eigenvalue weighted by molar-refractivity contribution is -0.143. The van der Waals surface area contributed by atoms with Gasteiger partial charge in [0.05, 0.1) is 25.4 Å². The molecule has 6 heteroatoms. The second-order valence-electron chi connectivity index (χ2n) is 21.4. The van der Waals surface area contributed by atoms with Crippen LogP contribution in [0.25, 0.3) is 0 Å². The number of hydrogen-bond donors (Lipinski definition) is 3. The smallest absolute Gasteiger partial charge is 0.305 e. The van der Waals surface area contributed by atoms with Crippen LogP contribution in [0.15, 0.2) is 36.5 Å². The largest absolute Gasteiger partial charge is 0.466 e. The van der Waals surface area contributed by atoms with Gasteiger partial charge >= 0.3 is 5.97 Å². The summed E-state index contributed by atoms with van der Waals surface area (Å²) in [5, 5.41) is 23.2. The van der Waals surface area contributed by atoms with E-state index in [0.29, 0.717) is 25.9 Å². The molecule has 0 aliphatic rings. The van der Waals surface area contributed by atoms with Crippen molar-refractivity contribution in [1.29, 1.82) is 0 Å². The first-order valence-corrected chi connectivity index (χ1v) is 31.2. The number of ether oxygens (including phenoxy) is 1. The van der Waals surface area contributed by atoms with Gasteiger partial charge in [-0.1, -0.05) is 275 Å². The number of rotatable bonds is 58. The molecule has 0 rings (SSSR count). The standard InChI is InChI=1S/C64H121NO5/c1-3-5-7-9-11-13-15-33-38-42-46-50-54-58-64(69)70-59-55-51-47-43-39-35-32-30-28-26-24-22-20-18-16-17-19-21-23-25-27-29-31-34-37-41-45-49-53-57-63(68)65-61(60-66)62(67)56-52-48-44-40-36-14-12-10-8-6-4-2/h13,15-16,18,22,24,61-62,66-67H,3-12,14,17,19-21,23,25-60H2,1-2H3,(H,65,68)/b15-13-,18-16-,24-22-. The van der Waals surface area contributed by atoms with Gasteiger partial charge in [0.2, 0.25) is 5.91 Å². The highest BCUT2D eigenvalue weighted by Crippen LogP contribution is 2.17. The molecule has 0 spiro atoms. The number of hydrogen-bond acceptors (Lipinski definition) is 5. The molecule has 0 fully saturated rings. The Kier molecular flexibility index (Phi) is 58.0. The van der Waals surface area contributed by atoms with Gasteiger partial charge in [-0.25, -0.2) is 0 Å². The Morgan fingerprint density at radius 2 is 0.714 bits per heavy atom. The van der Waals surface area contributed by atoms with E-state index in [1.54, 1.807) is 0 Å². The van der Waals surface area contributed by atoms with Gasteiger partial charge in [0.25, 0.3) is 0 Å². The molecule has 412 valence electrons. The van der Waals surface area contributed by atoms with Crippen molar-refractivity contribution in [2.45, 2.75) is 347 Å². The summed E-state index contributed by atoms with van der Waals surface area (Å²) < 4.78 is 5.47. The number of unbranched alkanes of at least 4 members (excludes halogenated alkanes) is 41. The second-order valence-corrected chi connectivity index (χ2v) is 21.4. The highest BCUT2D eigenvalue weighted by molar-refractivity contribution is 5.76. The van der Waals surface area contributed by atoms with Crippen LogP contribution in [0.4, 0.5) is 0 Å². The Labute approximate surface area is 436 Å². The minimum Gasteiger partial charge on any atom is -0.466 e. The molecule has 0 heterocycles. The maximum Gasteiger partial charge on any atom is 0.305 e. The Bertz CT molecular complexity index is 1130. The van der Waals surface area contributed by atoms with Crippen molar-refractivity contribution < 1.29 is 24.5 Å².